The molecule has 3 rings (SSSR count). The molecule has 3 aromatic heterocycles. The summed E-state index contributed by atoms with van der Waals surface area (Å²) in [5.74, 6) is -0.127. The molecule has 7 heteroatoms. The smallest absolute Gasteiger partial charge is 0.269 e. The lowest BCUT2D eigenvalue weighted by molar-refractivity contribution is 0.102. The second kappa shape index (κ2) is 6.64. The molecule has 0 fully saturated rings. The van der Waals surface area contributed by atoms with Gasteiger partial charge in [0.15, 0.2) is 10.3 Å². The number of nitrogens with one attached hydrogen (secondary N) is 1. The molecule has 0 unspecified atom stereocenters. The first-order valence-corrected chi connectivity index (χ1v) is 9.10. The molecule has 0 aliphatic rings. The molecule has 0 radical (unpaired) electrons. The lowest BCUT2D eigenvalue weighted by Crippen LogP contribution is -2.12. The maximum atomic E-state index is 12.6. The van der Waals surface area contributed by atoms with Gasteiger partial charge in [0.05, 0.1) is 11.4 Å². The van der Waals surface area contributed by atoms with Crippen LogP contribution in [0.1, 0.15) is 39.3 Å². The van der Waals surface area contributed by atoms with Gasteiger partial charge in [0.2, 0.25) is 0 Å². The van der Waals surface area contributed by atoms with Gasteiger partial charge in [0.1, 0.15) is 4.88 Å². The second-order valence-corrected chi connectivity index (χ2v) is 7.41. The Morgan fingerprint density at radius 1 is 1.22 bits per heavy atom. The van der Waals surface area contributed by atoms with Gasteiger partial charge >= 0.3 is 0 Å². The van der Waals surface area contributed by atoms with Crippen molar-refractivity contribution < 1.29 is 4.79 Å². The molecular formula is C16H18N4OS2. The third kappa shape index (κ3) is 3.35. The van der Waals surface area contributed by atoms with Crippen LogP contribution in [-0.2, 0) is 6.42 Å². The molecule has 0 atom stereocenters. The number of carbonyl (C=O) groups is 1. The predicted octanol–water partition coefficient (Wildman–Crippen LogP) is 4.21. The van der Waals surface area contributed by atoms with Crippen LogP contribution in [0.2, 0.25) is 0 Å². The van der Waals surface area contributed by atoms with E-state index in [0.717, 1.165) is 34.2 Å². The van der Waals surface area contributed by atoms with E-state index in [1.54, 1.807) is 0 Å². The van der Waals surface area contributed by atoms with Crippen molar-refractivity contribution in [3.63, 3.8) is 0 Å². The Morgan fingerprint density at radius 2 is 1.96 bits per heavy atom. The highest BCUT2D eigenvalue weighted by Crippen LogP contribution is 2.26. The summed E-state index contributed by atoms with van der Waals surface area (Å²) >= 11 is 2.91. The SMILES string of the molecule is CCCc1nc(-n2cccc2)sc1C(=O)Nc1nc(C)c(C)s1. The van der Waals surface area contributed by atoms with Crippen LogP contribution in [-0.4, -0.2) is 20.4 Å². The van der Waals surface area contributed by atoms with Crippen molar-refractivity contribution in [3.8, 4) is 5.13 Å². The largest absolute Gasteiger partial charge is 0.300 e. The molecule has 0 saturated heterocycles. The first-order chi connectivity index (χ1) is 11.1. The maximum absolute atomic E-state index is 12.6. The fourth-order valence-corrected chi connectivity index (χ4v) is 3.96. The monoisotopic (exact) mass is 346 g/mol. The zero-order valence-corrected chi connectivity index (χ0v) is 14.9. The maximum Gasteiger partial charge on any atom is 0.269 e. The Labute approximate surface area is 143 Å². The Kier molecular flexibility index (Phi) is 4.58. The lowest BCUT2D eigenvalue weighted by Gasteiger charge is -2.00. The van der Waals surface area contributed by atoms with Crippen LogP contribution < -0.4 is 5.32 Å². The summed E-state index contributed by atoms with van der Waals surface area (Å²) in [5.41, 5.74) is 1.81. The number of amides is 1. The van der Waals surface area contributed by atoms with Gasteiger partial charge in [0.25, 0.3) is 5.91 Å². The van der Waals surface area contributed by atoms with E-state index in [2.05, 4.69) is 22.2 Å². The van der Waals surface area contributed by atoms with Crippen LogP contribution in [0.3, 0.4) is 0 Å². The molecule has 23 heavy (non-hydrogen) atoms. The Hall–Kier alpha value is -1.99. The Bertz CT molecular complexity index is 798. The molecule has 0 saturated carbocycles. The standard InChI is InChI=1S/C16H18N4OS2/c1-4-7-12-13(23-16(18-12)20-8-5-6-9-20)14(21)19-15-17-10(2)11(3)22-15/h5-6,8-9H,4,7H2,1-3H3,(H,17,19,21). The van der Waals surface area contributed by atoms with Crippen molar-refractivity contribution in [2.45, 2.75) is 33.6 Å². The first kappa shape index (κ1) is 15.9. The van der Waals surface area contributed by atoms with E-state index in [4.69, 9.17) is 0 Å². The minimum absolute atomic E-state index is 0.127. The summed E-state index contributed by atoms with van der Waals surface area (Å²) in [5, 5.41) is 4.36. The van der Waals surface area contributed by atoms with Gasteiger partial charge in [-0.2, -0.15) is 0 Å². The van der Waals surface area contributed by atoms with Crippen LogP contribution in [0.15, 0.2) is 24.5 Å². The van der Waals surface area contributed by atoms with Gasteiger partial charge in [0, 0.05) is 17.3 Å². The molecule has 3 aromatic rings. The number of rotatable bonds is 5. The topological polar surface area (TPSA) is 59.8 Å². The summed E-state index contributed by atoms with van der Waals surface area (Å²) in [6.07, 6.45) is 5.61. The lowest BCUT2D eigenvalue weighted by atomic mass is 10.2. The molecule has 1 amide bonds. The normalized spacial score (nSPS) is 10.9. The van der Waals surface area contributed by atoms with Crippen LogP contribution in [0.25, 0.3) is 5.13 Å². The van der Waals surface area contributed by atoms with Crippen LogP contribution in [0.4, 0.5) is 5.13 Å². The van der Waals surface area contributed by atoms with Gasteiger partial charge < -0.3 is 4.57 Å². The molecule has 1 N–H and O–H groups in total. The van der Waals surface area contributed by atoms with Gasteiger partial charge in [-0.1, -0.05) is 24.7 Å². The molecular weight excluding hydrogens is 328 g/mol. The minimum atomic E-state index is -0.127. The van der Waals surface area contributed by atoms with E-state index < -0.39 is 0 Å². The highest BCUT2D eigenvalue weighted by atomic mass is 32.1. The summed E-state index contributed by atoms with van der Waals surface area (Å²) in [6, 6.07) is 3.89. The number of thiazole rings is 2. The van der Waals surface area contributed by atoms with Crippen molar-refractivity contribution in [1.29, 1.82) is 0 Å². The average Bonchev–Trinajstić information content (AvgIpc) is 3.21. The summed E-state index contributed by atoms with van der Waals surface area (Å²) in [7, 11) is 0. The third-order valence-corrected chi connectivity index (χ3v) is 5.55. The third-order valence-electron chi connectivity index (χ3n) is 3.45. The molecule has 0 aliphatic heterocycles. The highest BCUT2D eigenvalue weighted by Gasteiger charge is 2.19. The number of aryl methyl sites for hydroxylation is 3. The average molecular weight is 346 g/mol. The number of aromatic nitrogens is 3. The molecule has 0 aromatic carbocycles. The minimum Gasteiger partial charge on any atom is -0.300 e. The van der Waals surface area contributed by atoms with E-state index in [9.17, 15) is 4.79 Å². The Balaban J connectivity index is 1.89. The quantitative estimate of drug-likeness (QED) is 0.753. The summed E-state index contributed by atoms with van der Waals surface area (Å²) < 4.78 is 1.93. The fraction of sp³-hybridized carbons (Fsp3) is 0.312. The number of hydrogen-bond acceptors (Lipinski definition) is 5. The molecule has 0 spiro atoms. The molecule has 0 bridgehead atoms. The number of nitrogens with zero attached hydrogens (tertiary/aromatic N) is 3. The zero-order chi connectivity index (χ0) is 16.4. The van der Waals surface area contributed by atoms with Crippen molar-refractivity contribution in [2.24, 2.45) is 0 Å². The Morgan fingerprint density at radius 3 is 2.57 bits per heavy atom. The predicted molar refractivity (Wildman–Crippen MR) is 95.0 cm³/mol. The molecule has 120 valence electrons. The molecule has 5 nitrogen and oxygen atoms in total. The van der Waals surface area contributed by atoms with Crippen LogP contribution in [0, 0.1) is 13.8 Å². The van der Waals surface area contributed by atoms with Gasteiger partial charge in [-0.15, -0.1) is 11.3 Å². The van der Waals surface area contributed by atoms with Crippen molar-refractivity contribution in [2.75, 3.05) is 5.32 Å². The van der Waals surface area contributed by atoms with E-state index in [-0.39, 0.29) is 5.91 Å². The van der Waals surface area contributed by atoms with Crippen molar-refractivity contribution in [1.82, 2.24) is 14.5 Å². The van der Waals surface area contributed by atoms with Gasteiger partial charge in [-0.25, -0.2) is 9.97 Å². The summed E-state index contributed by atoms with van der Waals surface area (Å²) in [6.45, 7) is 6.03. The van der Waals surface area contributed by atoms with Crippen molar-refractivity contribution in [3.05, 3.63) is 45.7 Å². The van der Waals surface area contributed by atoms with Gasteiger partial charge in [-0.05, 0) is 32.4 Å². The number of anilines is 1. The second-order valence-electron chi connectivity index (χ2n) is 5.23. The number of carbonyl (C=O) groups excluding carboxylic acids is 1. The van der Waals surface area contributed by atoms with E-state index in [1.807, 2.05) is 42.9 Å². The van der Waals surface area contributed by atoms with Gasteiger partial charge in [-0.3, -0.25) is 10.1 Å². The van der Waals surface area contributed by atoms with Crippen LogP contribution in [0.5, 0.6) is 0 Å². The van der Waals surface area contributed by atoms with E-state index in [0.29, 0.717) is 10.0 Å². The summed E-state index contributed by atoms with van der Waals surface area (Å²) in [4.78, 5) is 23.4. The molecule has 3 heterocycles. The first-order valence-electron chi connectivity index (χ1n) is 7.47. The fourth-order valence-electron chi connectivity index (χ4n) is 2.18. The number of hydrogen-bond donors (Lipinski definition) is 1. The zero-order valence-electron chi connectivity index (χ0n) is 13.3. The van der Waals surface area contributed by atoms with Crippen molar-refractivity contribution >= 4 is 33.7 Å². The highest BCUT2D eigenvalue weighted by molar-refractivity contribution is 7.17. The van der Waals surface area contributed by atoms with E-state index in [1.165, 1.54) is 22.7 Å². The van der Waals surface area contributed by atoms with E-state index >= 15 is 0 Å². The van der Waals surface area contributed by atoms with Crippen LogP contribution >= 0.6 is 22.7 Å². The molecule has 0 aliphatic carbocycles.